The highest BCUT2D eigenvalue weighted by atomic mass is 16.2. The lowest BCUT2D eigenvalue weighted by atomic mass is 9.90. The van der Waals surface area contributed by atoms with E-state index in [1.807, 2.05) is 36.4 Å². The molecule has 5 rings (SSSR count). The first-order valence-corrected chi connectivity index (χ1v) is 10.5. The maximum absolute atomic E-state index is 12.8. The van der Waals surface area contributed by atoms with Gasteiger partial charge in [0, 0.05) is 48.5 Å². The second-order valence-electron chi connectivity index (χ2n) is 7.82. The predicted molar refractivity (Wildman–Crippen MR) is 120 cm³/mol. The van der Waals surface area contributed by atoms with Crippen LogP contribution in [-0.4, -0.2) is 27.4 Å². The number of aryl methyl sites for hydroxylation is 1. The van der Waals surface area contributed by atoms with Crippen LogP contribution in [0.15, 0.2) is 65.9 Å². The molecule has 0 fully saturated rings. The Morgan fingerprint density at radius 3 is 2.81 bits per heavy atom. The zero-order valence-corrected chi connectivity index (χ0v) is 17.0. The number of nitrogens with one attached hydrogen (secondary N) is 2. The highest BCUT2D eigenvalue weighted by Crippen LogP contribution is 2.35. The van der Waals surface area contributed by atoms with Crippen LogP contribution in [0.4, 0.5) is 5.82 Å². The molecule has 31 heavy (non-hydrogen) atoms. The molecular weight excluding hydrogens is 388 g/mol. The smallest absolute Gasteiger partial charge is 0.271 e. The zero-order chi connectivity index (χ0) is 21.2. The third-order valence-corrected chi connectivity index (χ3v) is 5.71. The van der Waals surface area contributed by atoms with Crippen LogP contribution >= 0.6 is 0 Å². The second-order valence-corrected chi connectivity index (χ2v) is 7.82. The monoisotopic (exact) mass is 410 g/mol. The van der Waals surface area contributed by atoms with E-state index in [1.165, 1.54) is 0 Å². The molecule has 3 heterocycles. The average molecular weight is 410 g/mol. The summed E-state index contributed by atoms with van der Waals surface area (Å²) in [5.41, 5.74) is 6.28. The normalized spacial score (nSPS) is 15.0. The number of anilines is 1. The van der Waals surface area contributed by atoms with Gasteiger partial charge in [-0.2, -0.15) is 0 Å². The summed E-state index contributed by atoms with van der Waals surface area (Å²) < 4.78 is 0. The van der Waals surface area contributed by atoms with Crippen LogP contribution in [0, 0.1) is 0 Å². The Morgan fingerprint density at radius 2 is 2.00 bits per heavy atom. The number of hydrogen-bond acceptors (Lipinski definition) is 4. The second kappa shape index (κ2) is 8.14. The summed E-state index contributed by atoms with van der Waals surface area (Å²) in [6, 6.07) is 13.9. The van der Waals surface area contributed by atoms with E-state index in [9.17, 15) is 9.59 Å². The van der Waals surface area contributed by atoms with E-state index in [-0.39, 0.29) is 11.7 Å². The fourth-order valence-electron chi connectivity index (χ4n) is 4.25. The van der Waals surface area contributed by atoms with Gasteiger partial charge in [-0.3, -0.25) is 14.6 Å². The lowest BCUT2D eigenvalue weighted by Crippen LogP contribution is -2.21. The van der Waals surface area contributed by atoms with Gasteiger partial charge in [0.2, 0.25) is 0 Å². The average Bonchev–Trinajstić information content (AvgIpc) is 3.44. The highest BCUT2D eigenvalue weighted by molar-refractivity contribution is 6.43. The third-order valence-electron chi connectivity index (χ3n) is 5.71. The number of aromatic nitrogens is 2. The number of benzene rings is 1. The number of fused-ring (bicyclic) bond motifs is 1. The Morgan fingerprint density at radius 1 is 1.13 bits per heavy atom. The number of aliphatic imine (C=N–C) groups is 1. The van der Waals surface area contributed by atoms with Crippen molar-refractivity contribution in [2.24, 2.45) is 4.99 Å². The van der Waals surface area contributed by atoms with Crippen molar-refractivity contribution in [3.8, 4) is 11.3 Å². The molecule has 0 saturated heterocycles. The molecule has 0 bridgehead atoms. The van der Waals surface area contributed by atoms with Crippen molar-refractivity contribution in [2.75, 3.05) is 5.32 Å². The van der Waals surface area contributed by atoms with Gasteiger partial charge < -0.3 is 10.3 Å². The highest BCUT2D eigenvalue weighted by Gasteiger charge is 2.27. The molecule has 0 radical (unpaired) electrons. The lowest BCUT2D eigenvalue weighted by Gasteiger charge is -2.12. The summed E-state index contributed by atoms with van der Waals surface area (Å²) in [5, 5.41) is 2.83. The zero-order valence-electron chi connectivity index (χ0n) is 17.0. The van der Waals surface area contributed by atoms with Gasteiger partial charge >= 0.3 is 0 Å². The van der Waals surface area contributed by atoms with Gasteiger partial charge in [-0.25, -0.2) is 4.98 Å². The topological polar surface area (TPSA) is 87.2 Å². The fourth-order valence-corrected chi connectivity index (χ4v) is 4.25. The van der Waals surface area contributed by atoms with Crippen molar-refractivity contribution in [1.82, 2.24) is 9.97 Å². The van der Waals surface area contributed by atoms with Gasteiger partial charge in [-0.1, -0.05) is 36.4 Å². The van der Waals surface area contributed by atoms with Gasteiger partial charge in [0.1, 0.15) is 11.5 Å². The molecule has 1 aliphatic carbocycles. The molecule has 2 aliphatic rings. The van der Waals surface area contributed by atoms with E-state index in [0.29, 0.717) is 30.8 Å². The van der Waals surface area contributed by atoms with E-state index >= 15 is 0 Å². The number of carbonyl (C=O) groups excluding carboxylic acids is 2. The van der Waals surface area contributed by atoms with E-state index < -0.39 is 0 Å². The molecule has 2 aromatic heterocycles. The minimum atomic E-state index is -0.250. The molecule has 0 atom stereocenters. The number of rotatable bonds is 5. The molecule has 1 amide bonds. The van der Waals surface area contributed by atoms with Crippen LogP contribution in [-0.2, 0) is 17.6 Å². The number of H-pyrrole nitrogens is 1. The van der Waals surface area contributed by atoms with Crippen molar-refractivity contribution in [3.05, 3.63) is 83.3 Å². The van der Waals surface area contributed by atoms with Crippen molar-refractivity contribution in [2.45, 2.75) is 32.1 Å². The SMILES string of the molecule is O=C(Nc1cc(-c2[nH]c3c(c2Cc2ccccc2)C(=O)CCC3)ccn1)C1=NC=CC1. The fraction of sp³-hybridized carbons (Fsp3) is 0.200. The van der Waals surface area contributed by atoms with Crippen molar-refractivity contribution >= 4 is 23.2 Å². The van der Waals surface area contributed by atoms with Gasteiger partial charge in [0.05, 0.1) is 5.69 Å². The van der Waals surface area contributed by atoms with Crippen molar-refractivity contribution in [1.29, 1.82) is 0 Å². The maximum atomic E-state index is 12.8. The molecule has 6 heteroatoms. The summed E-state index contributed by atoms with van der Waals surface area (Å²) in [6.45, 7) is 0. The molecule has 154 valence electrons. The van der Waals surface area contributed by atoms with E-state index in [4.69, 9.17) is 0 Å². The quantitative estimate of drug-likeness (QED) is 0.650. The molecule has 6 nitrogen and oxygen atoms in total. The van der Waals surface area contributed by atoms with Gasteiger partial charge in [0.15, 0.2) is 5.78 Å². The Balaban J connectivity index is 1.52. The molecule has 3 aromatic rings. The first-order chi connectivity index (χ1) is 15.2. The largest absolute Gasteiger partial charge is 0.358 e. The number of amides is 1. The van der Waals surface area contributed by atoms with Crippen molar-refractivity contribution in [3.63, 3.8) is 0 Å². The minimum Gasteiger partial charge on any atom is -0.358 e. The first kappa shape index (κ1) is 19.2. The van der Waals surface area contributed by atoms with Crippen molar-refractivity contribution < 1.29 is 9.59 Å². The van der Waals surface area contributed by atoms with E-state index in [1.54, 1.807) is 12.4 Å². The maximum Gasteiger partial charge on any atom is 0.271 e. The minimum absolute atomic E-state index is 0.198. The van der Waals surface area contributed by atoms with Crippen LogP contribution in [0.25, 0.3) is 11.3 Å². The molecular formula is C25H22N4O2. The predicted octanol–water partition coefficient (Wildman–Crippen LogP) is 4.48. The Hall–Kier alpha value is -3.80. The van der Waals surface area contributed by atoms with Crippen LogP contribution in [0.2, 0.25) is 0 Å². The summed E-state index contributed by atoms with van der Waals surface area (Å²) in [5.74, 6) is 0.408. The summed E-state index contributed by atoms with van der Waals surface area (Å²) in [7, 11) is 0. The lowest BCUT2D eigenvalue weighted by molar-refractivity contribution is -0.110. The third kappa shape index (κ3) is 3.84. The number of Topliss-reactive ketones (excluding diaryl/α,β-unsaturated/α-hetero) is 1. The number of ketones is 1. The molecule has 0 spiro atoms. The van der Waals surface area contributed by atoms with Crippen LogP contribution in [0.5, 0.6) is 0 Å². The Kier molecular flexibility index (Phi) is 5.04. The van der Waals surface area contributed by atoms with Gasteiger partial charge in [-0.15, -0.1) is 0 Å². The molecule has 2 N–H and O–H groups in total. The number of hydrogen-bond donors (Lipinski definition) is 2. The van der Waals surface area contributed by atoms with E-state index in [0.717, 1.165) is 46.5 Å². The van der Waals surface area contributed by atoms with Crippen LogP contribution in [0.3, 0.4) is 0 Å². The number of pyridine rings is 1. The number of nitrogens with zero attached hydrogens (tertiary/aromatic N) is 2. The van der Waals surface area contributed by atoms with E-state index in [2.05, 4.69) is 32.4 Å². The summed E-state index contributed by atoms with van der Waals surface area (Å²) in [4.78, 5) is 37.1. The molecule has 1 aromatic carbocycles. The molecule has 0 saturated carbocycles. The van der Waals surface area contributed by atoms with Gasteiger partial charge in [-0.05, 0) is 36.1 Å². The van der Waals surface area contributed by atoms with Crippen LogP contribution in [0.1, 0.15) is 46.4 Å². The summed E-state index contributed by atoms with van der Waals surface area (Å²) in [6.07, 6.45) is 8.66. The van der Waals surface area contributed by atoms with Crippen LogP contribution < -0.4 is 5.32 Å². The standard InChI is InChI=1S/C25H22N4O2/c30-21-10-4-8-19-23(21)18(14-16-6-2-1-3-7-16)24(28-19)17-11-13-27-22(15-17)29-25(31)20-9-5-12-26-20/h1-3,5-7,11-13,15,28H,4,8-10,14H2,(H,27,29,31). The summed E-state index contributed by atoms with van der Waals surface area (Å²) >= 11 is 0. The first-order valence-electron chi connectivity index (χ1n) is 10.5. The molecule has 0 unspecified atom stereocenters. The molecule has 1 aliphatic heterocycles. The Bertz CT molecular complexity index is 1220. The number of allylic oxidation sites excluding steroid dienone is 1. The Labute approximate surface area is 180 Å². The number of aromatic amines is 1. The number of carbonyl (C=O) groups is 2. The van der Waals surface area contributed by atoms with Gasteiger partial charge in [0.25, 0.3) is 5.91 Å².